The summed E-state index contributed by atoms with van der Waals surface area (Å²) in [5.74, 6) is 0. The number of unbranched alkanes of at least 4 members (excludes halogenated alkanes) is 7. The first-order chi connectivity index (χ1) is 9.70. The molecular weight excluding hydrogens is 248 g/mol. The predicted octanol–water partition coefficient (Wildman–Crippen LogP) is 5.21. The van der Waals surface area contributed by atoms with Crippen LogP contribution in [-0.2, 0) is 0 Å². The van der Waals surface area contributed by atoms with Crippen LogP contribution in [0.4, 0.5) is 0 Å². The molecule has 0 spiro atoms. The van der Waals surface area contributed by atoms with Crippen LogP contribution in [-0.4, -0.2) is 22.4 Å². The van der Waals surface area contributed by atoms with Crippen LogP contribution in [0.5, 0.6) is 0 Å². The van der Waals surface area contributed by atoms with Gasteiger partial charge in [0.05, 0.1) is 12.2 Å². The predicted molar refractivity (Wildman–Crippen MR) is 88.0 cm³/mol. The molecule has 0 bridgehead atoms. The molecule has 2 N–H and O–H groups in total. The molecule has 0 aliphatic rings. The zero-order valence-corrected chi connectivity index (χ0v) is 13.9. The van der Waals surface area contributed by atoms with E-state index in [1.54, 1.807) is 0 Å². The van der Waals surface area contributed by atoms with Crippen molar-refractivity contribution in [2.24, 2.45) is 0 Å². The van der Waals surface area contributed by atoms with Gasteiger partial charge >= 0.3 is 0 Å². The fraction of sp³-hybridized carbons (Fsp3) is 1.00. The minimum Gasteiger partial charge on any atom is -0.393 e. The lowest BCUT2D eigenvalue weighted by Crippen LogP contribution is -2.08. The molecule has 0 aliphatic heterocycles. The van der Waals surface area contributed by atoms with Crippen molar-refractivity contribution in [2.45, 2.75) is 116 Å². The van der Waals surface area contributed by atoms with Crippen molar-refractivity contribution in [1.82, 2.24) is 0 Å². The van der Waals surface area contributed by atoms with E-state index in [2.05, 4.69) is 13.8 Å². The van der Waals surface area contributed by atoms with E-state index in [0.717, 1.165) is 51.4 Å². The lowest BCUT2D eigenvalue weighted by Gasteiger charge is -2.12. The van der Waals surface area contributed by atoms with Crippen LogP contribution in [0.2, 0.25) is 0 Å². The van der Waals surface area contributed by atoms with Gasteiger partial charge in [-0.15, -0.1) is 0 Å². The summed E-state index contributed by atoms with van der Waals surface area (Å²) in [6.07, 6.45) is 15.6. The Morgan fingerprint density at radius 1 is 0.500 bits per heavy atom. The second kappa shape index (κ2) is 15.3. The highest BCUT2D eigenvalue weighted by molar-refractivity contribution is 4.60. The molecule has 20 heavy (non-hydrogen) atoms. The van der Waals surface area contributed by atoms with Gasteiger partial charge in [0, 0.05) is 0 Å². The van der Waals surface area contributed by atoms with E-state index in [1.807, 2.05) is 0 Å². The van der Waals surface area contributed by atoms with Crippen LogP contribution in [0, 0.1) is 0 Å². The van der Waals surface area contributed by atoms with E-state index in [1.165, 1.54) is 38.5 Å². The summed E-state index contributed by atoms with van der Waals surface area (Å²) < 4.78 is 0. The second-order valence-corrected chi connectivity index (χ2v) is 6.29. The summed E-state index contributed by atoms with van der Waals surface area (Å²) in [6.45, 7) is 4.40. The van der Waals surface area contributed by atoms with Crippen molar-refractivity contribution in [3.05, 3.63) is 0 Å². The van der Waals surface area contributed by atoms with Crippen molar-refractivity contribution >= 4 is 0 Å². The first-order valence-electron chi connectivity index (χ1n) is 9.06. The van der Waals surface area contributed by atoms with Gasteiger partial charge < -0.3 is 10.2 Å². The Labute approximate surface area is 127 Å². The topological polar surface area (TPSA) is 40.5 Å². The van der Waals surface area contributed by atoms with Crippen molar-refractivity contribution < 1.29 is 10.2 Å². The molecule has 0 heterocycles. The number of aliphatic hydroxyl groups excluding tert-OH is 2. The van der Waals surface area contributed by atoms with E-state index < -0.39 is 0 Å². The van der Waals surface area contributed by atoms with Crippen molar-refractivity contribution in [2.75, 3.05) is 0 Å². The third-order valence-electron chi connectivity index (χ3n) is 4.11. The molecule has 0 aromatic carbocycles. The summed E-state index contributed by atoms with van der Waals surface area (Å²) in [6, 6.07) is 0. The molecule has 122 valence electrons. The SMILES string of the molecule is CCCCCCCCC(O)CCCCC(O)CCCC. The maximum Gasteiger partial charge on any atom is 0.0540 e. The van der Waals surface area contributed by atoms with E-state index in [0.29, 0.717) is 0 Å². The minimum atomic E-state index is -0.120. The maximum atomic E-state index is 9.90. The molecule has 0 aromatic rings. The molecule has 2 unspecified atom stereocenters. The molecule has 2 heteroatoms. The summed E-state index contributed by atoms with van der Waals surface area (Å²) in [4.78, 5) is 0. The molecule has 0 saturated carbocycles. The normalized spacial score (nSPS) is 14.4. The Hall–Kier alpha value is -0.0800. The largest absolute Gasteiger partial charge is 0.393 e. The molecule has 2 nitrogen and oxygen atoms in total. The van der Waals surface area contributed by atoms with Crippen LogP contribution in [0.1, 0.15) is 104 Å². The molecule has 0 radical (unpaired) electrons. The van der Waals surface area contributed by atoms with Crippen LogP contribution < -0.4 is 0 Å². The van der Waals surface area contributed by atoms with E-state index in [4.69, 9.17) is 0 Å². The van der Waals surface area contributed by atoms with Crippen LogP contribution >= 0.6 is 0 Å². The number of rotatable bonds is 15. The van der Waals surface area contributed by atoms with Crippen LogP contribution in [0.3, 0.4) is 0 Å². The van der Waals surface area contributed by atoms with Gasteiger partial charge in [0.25, 0.3) is 0 Å². The van der Waals surface area contributed by atoms with Crippen molar-refractivity contribution in [3.63, 3.8) is 0 Å². The van der Waals surface area contributed by atoms with Crippen molar-refractivity contribution in [3.8, 4) is 0 Å². The van der Waals surface area contributed by atoms with Gasteiger partial charge in [-0.2, -0.15) is 0 Å². The minimum absolute atomic E-state index is 0.117. The summed E-state index contributed by atoms with van der Waals surface area (Å²) >= 11 is 0. The van der Waals surface area contributed by atoms with Gasteiger partial charge in [0.1, 0.15) is 0 Å². The van der Waals surface area contributed by atoms with Gasteiger partial charge in [-0.25, -0.2) is 0 Å². The Bertz CT molecular complexity index is 182. The van der Waals surface area contributed by atoms with E-state index in [-0.39, 0.29) is 12.2 Å². The average molecular weight is 286 g/mol. The van der Waals surface area contributed by atoms with Gasteiger partial charge in [-0.05, 0) is 25.7 Å². The smallest absolute Gasteiger partial charge is 0.0540 e. The third-order valence-corrected chi connectivity index (χ3v) is 4.11. The molecule has 0 amide bonds. The van der Waals surface area contributed by atoms with E-state index in [9.17, 15) is 10.2 Å². The highest BCUT2D eigenvalue weighted by Gasteiger charge is 2.06. The maximum absolute atomic E-state index is 9.90. The zero-order valence-electron chi connectivity index (χ0n) is 13.9. The van der Waals surface area contributed by atoms with Gasteiger partial charge in [0.15, 0.2) is 0 Å². The molecule has 0 fully saturated rings. The van der Waals surface area contributed by atoms with Crippen LogP contribution in [0.15, 0.2) is 0 Å². The second-order valence-electron chi connectivity index (χ2n) is 6.29. The van der Waals surface area contributed by atoms with Gasteiger partial charge in [-0.3, -0.25) is 0 Å². The summed E-state index contributed by atoms with van der Waals surface area (Å²) in [5.41, 5.74) is 0. The fourth-order valence-electron chi connectivity index (χ4n) is 2.65. The lowest BCUT2D eigenvalue weighted by atomic mass is 10.0. The summed E-state index contributed by atoms with van der Waals surface area (Å²) in [7, 11) is 0. The quantitative estimate of drug-likeness (QED) is 0.406. The highest BCUT2D eigenvalue weighted by Crippen LogP contribution is 2.14. The Morgan fingerprint density at radius 3 is 1.35 bits per heavy atom. The first-order valence-corrected chi connectivity index (χ1v) is 9.06. The monoisotopic (exact) mass is 286 g/mol. The molecule has 0 aliphatic carbocycles. The Kier molecular flexibility index (Phi) is 15.3. The van der Waals surface area contributed by atoms with Crippen LogP contribution in [0.25, 0.3) is 0 Å². The summed E-state index contributed by atoms with van der Waals surface area (Å²) in [5, 5.41) is 19.6. The highest BCUT2D eigenvalue weighted by atomic mass is 16.3. The Morgan fingerprint density at radius 2 is 0.850 bits per heavy atom. The molecule has 0 saturated heterocycles. The molecule has 2 atom stereocenters. The van der Waals surface area contributed by atoms with Gasteiger partial charge in [-0.1, -0.05) is 78.1 Å². The lowest BCUT2D eigenvalue weighted by molar-refractivity contribution is 0.132. The molecule has 0 aromatic heterocycles. The fourth-order valence-corrected chi connectivity index (χ4v) is 2.65. The standard InChI is InChI=1S/C18H38O2/c1-3-5-7-8-9-10-14-18(20)16-12-11-15-17(19)13-6-4-2/h17-20H,3-16H2,1-2H3. The molecular formula is C18H38O2. The zero-order chi connectivity index (χ0) is 15.1. The third kappa shape index (κ3) is 14.3. The average Bonchev–Trinajstić information content (AvgIpc) is 2.45. The number of aliphatic hydroxyl groups is 2. The van der Waals surface area contributed by atoms with Gasteiger partial charge in [0.2, 0.25) is 0 Å². The van der Waals surface area contributed by atoms with Crippen molar-refractivity contribution in [1.29, 1.82) is 0 Å². The Balaban J connectivity index is 3.25. The molecule has 0 rings (SSSR count). The number of hydrogen-bond donors (Lipinski definition) is 2. The number of hydrogen-bond acceptors (Lipinski definition) is 2. The first kappa shape index (κ1) is 19.9. The van der Waals surface area contributed by atoms with E-state index >= 15 is 0 Å².